The van der Waals surface area contributed by atoms with Crippen molar-refractivity contribution in [1.82, 2.24) is 0 Å². The molecule has 1 aliphatic carbocycles. The zero-order valence-electron chi connectivity index (χ0n) is 18.2. The van der Waals surface area contributed by atoms with Gasteiger partial charge in [0.1, 0.15) is 6.61 Å². The zero-order valence-corrected chi connectivity index (χ0v) is 18.2. The number of rotatable bonds is 5. The minimum Gasteiger partial charge on any atom is -0.504 e. The first-order valence-electron chi connectivity index (χ1n) is 10.2. The smallest absolute Gasteiger partial charge is 0.339 e. The van der Waals surface area contributed by atoms with Gasteiger partial charge < -0.3 is 39.4 Å². The van der Waals surface area contributed by atoms with E-state index in [1.165, 1.54) is 38.5 Å². The van der Waals surface area contributed by atoms with Crippen molar-refractivity contribution in [2.45, 2.75) is 37.6 Å². The Balaban J connectivity index is 2.02. The van der Waals surface area contributed by atoms with Crippen molar-refractivity contribution in [3.8, 4) is 28.7 Å². The number of aliphatic hydroxyl groups is 2. The topological polar surface area (TPSA) is 135 Å². The van der Waals surface area contributed by atoms with Crippen LogP contribution in [0.5, 0.6) is 28.7 Å². The minimum absolute atomic E-state index is 0.0796. The van der Waals surface area contributed by atoms with E-state index in [0.717, 1.165) is 0 Å². The SMILES string of the molecule is COc1cc([C@H]2c3cc(OC(C)C)c(O)cc3[C@@H](O)[C@H]3COC(=O)C23O)cc(OC)c1O. The first-order chi connectivity index (χ1) is 15.1. The summed E-state index contributed by atoms with van der Waals surface area (Å²) in [6, 6.07) is 5.85. The molecular weight excluding hydrogens is 420 g/mol. The summed E-state index contributed by atoms with van der Waals surface area (Å²) in [6.45, 7) is 3.39. The lowest BCUT2D eigenvalue weighted by Crippen LogP contribution is -2.52. The van der Waals surface area contributed by atoms with Crippen molar-refractivity contribution in [3.05, 3.63) is 41.0 Å². The summed E-state index contributed by atoms with van der Waals surface area (Å²) in [4.78, 5) is 12.8. The molecule has 1 heterocycles. The van der Waals surface area contributed by atoms with Gasteiger partial charge in [-0.25, -0.2) is 4.79 Å². The van der Waals surface area contributed by atoms with Gasteiger partial charge in [0, 0.05) is 5.92 Å². The fourth-order valence-electron chi connectivity index (χ4n) is 4.65. The Bertz CT molecular complexity index is 1040. The molecular formula is C23H26O9. The number of aliphatic hydroxyl groups excluding tert-OH is 1. The number of hydrogen-bond acceptors (Lipinski definition) is 9. The van der Waals surface area contributed by atoms with Crippen molar-refractivity contribution in [3.63, 3.8) is 0 Å². The molecule has 9 nitrogen and oxygen atoms in total. The number of carbonyl (C=O) groups excluding carboxylic acids is 1. The van der Waals surface area contributed by atoms with Gasteiger partial charge in [0.05, 0.1) is 32.3 Å². The quantitative estimate of drug-likeness (QED) is 0.509. The molecule has 0 spiro atoms. The molecule has 4 N–H and O–H groups in total. The van der Waals surface area contributed by atoms with Gasteiger partial charge in [-0.1, -0.05) is 0 Å². The highest BCUT2D eigenvalue weighted by Gasteiger charge is 2.63. The third-order valence-corrected chi connectivity index (χ3v) is 6.10. The van der Waals surface area contributed by atoms with Crippen LogP contribution in [0.25, 0.3) is 0 Å². The number of aromatic hydroxyl groups is 2. The number of hydrogen-bond donors (Lipinski definition) is 4. The fraction of sp³-hybridized carbons (Fsp3) is 0.435. The third-order valence-electron chi connectivity index (χ3n) is 6.10. The van der Waals surface area contributed by atoms with Gasteiger partial charge in [-0.05, 0) is 54.8 Å². The molecule has 0 bridgehead atoms. The predicted octanol–water partition coefficient (Wildman–Crippen LogP) is 1.99. The summed E-state index contributed by atoms with van der Waals surface area (Å²) in [5.74, 6) is -2.99. The van der Waals surface area contributed by atoms with Crippen molar-refractivity contribution in [2.24, 2.45) is 5.92 Å². The number of esters is 1. The third kappa shape index (κ3) is 3.11. The van der Waals surface area contributed by atoms with Gasteiger partial charge in [-0.2, -0.15) is 0 Å². The molecule has 4 atom stereocenters. The average molecular weight is 446 g/mol. The monoisotopic (exact) mass is 446 g/mol. The Kier molecular flexibility index (Phi) is 5.34. The molecule has 9 heteroatoms. The zero-order chi connectivity index (χ0) is 23.4. The number of cyclic esters (lactones) is 1. The summed E-state index contributed by atoms with van der Waals surface area (Å²) in [5, 5.41) is 43.5. The molecule has 1 aliphatic heterocycles. The maximum Gasteiger partial charge on any atom is 0.339 e. The van der Waals surface area contributed by atoms with Gasteiger partial charge >= 0.3 is 5.97 Å². The molecule has 0 radical (unpaired) electrons. The van der Waals surface area contributed by atoms with E-state index >= 15 is 0 Å². The number of ether oxygens (including phenoxy) is 4. The molecule has 4 rings (SSSR count). The van der Waals surface area contributed by atoms with E-state index in [-0.39, 0.29) is 41.5 Å². The lowest BCUT2D eigenvalue weighted by atomic mass is 9.63. The van der Waals surface area contributed by atoms with Crippen LogP contribution in [0.2, 0.25) is 0 Å². The molecule has 32 heavy (non-hydrogen) atoms. The Labute approximate surface area is 184 Å². The molecule has 2 aromatic rings. The number of carbonyl (C=O) groups is 1. The van der Waals surface area contributed by atoms with Crippen molar-refractivity contribution >= 4 is 5.97 Å². The number of methoxy groups -OCH3 is 2. The van der Waals surface area contributed by atoms with Gasteiger partial charge in [0.2, 0.25) is 5.75 Å². The second-order valence-electron chi connectivity index (χ2n) is 8.30. The van der Waals surface area contributed by atoms with Crippen LogP contribution in [0.3, 0.4) is 0 Å². The molecule has 1 fully saturated rings. The summed E-state index contributed by atoms with van der Waals surface area (Å²) in [5.41, 5.74) is -1.01. The highest BCUT2D eigenvalue weighted by atomic mass is 16.6. The highest BCUT2D eigenvalue weighted by Crippen LogP contribution is 2.56. The van der Waals surface area contributed by atoms with E-state index in [1.54, 1.807) is 13.8 Å². The van der Waals surface area contributed by atoms with Crippen molar-refractivity contribution in [1.29, 1.82) is 0 Å². The summed E-state index contributed by atoms with van der Waals surface area (Å²) < 4.78 is 21.4. The van der Waals surface area contributed by atoms with Crippen LogP contribution < -0.4 is 14.2 Å². The molecule has 2 aromatic carbocycles. The van der Waals surface area contributed by atoms with Crippen LogP contribution in [0.15, 0.2) is 24.3 Å². The van der Waals surface area contributed by atoms with Gasteiger partial charge in [0.15, 0.2) is 28.6 Å². The maximum absolute atomic E-state index is 12.8. The first kappa shape index (κ1) is 22.0. The van der Waals surface area contributed by atoms with E-state index in [2.05, 4.69) is 0 Å². The number of fused-ring (bicyclic) bond motifs is 2. The largest absolute Gasteiger partial charge is 0.504 e. The molecule has 172 valence electrons. The van der Waals surface area contributed by atoms with Crippen molar-refractivity contribution < 1.29 is 44.2 Å². The molecule has 0 amide bonds. The normalized spacial score (nSPS) is 26.3. The van der Waals surface area contributed by atoms with Crippen LogP contribution in [0, 0.1) is 5.92 Å². The van der Waals surface area contributed by atoms with Crippen LogP contribution in [-0.4, -0.2) is 58.9 Å². The molecule has 1 unspecified atom stereocenters. The Morgan fingerprint density at radius 1 is 1.03 bits per heavy atom. The van der Waals surface area contributed by atoms with Crippen LogP contribution >= 0.6 is 0 Å². The van der Waals surface area contributed by atoms with E-state index in [1.807, 2.05) is 0 Å². The van der Waals surface area contributed by atoms with Gasteiger partial charge in [-0.3, -0.25) is 0 Å². The number of phenolic OH excluding ortho intramolecular Hbond substituents is 2. The Morgan fingerprint density at radius 3 is 2.22 bits per heavy atom. The molecule has 0 saturated carbocycles. The van der Waals surface area contributed by atoms with Crippen LogP contribution in [-0.2, 0) is 9.53 Å². The van der Waals surface area contributed by atoms with E-state index in [4.69, 9.17) is 18.9 Å². The highest BCUT2D eigenvalue weighted by molar-refractivity contribution is 5.86. The Hall–Kier alpha value is -3.17. The maximum atomic E-state index is 12.8. The summed E-state index contributed by atoms with van der Waals surface area (Å²) in [7, 11) is 2.73. The second-order valence-corrected chi connectivity index (χ2v) is 8.30. The van der Waals surface area contributed by atoms with Crippen molar-refractivity contribution in [2.75, 3.05) is 20.8 Å². The predicted molar refractivity (Wildman–Crippen MR) is 111 cm³/mol. The van der Waals surface area contributed by atoms with E-state index in [9.17, 15) is 25.2 Å². The number of phenols is 2. The summed E-state index contributed by atoms with van der Waals surface area (Å²) in [6.07, 6.45) is -1.52. The standard InChI is InChI=1S/C23H26O9/c1-10(2)32-16-8-12-13(7-15(16)24)20(25)14-9-31-22(27)23(14,28)19(12)11-5-17(29-3)21(26)18(6-11)30-4/h5-8,10,14,19-20,24-26,28H,9H2,1-4H3/t14-,19+,20-,23?/m1/s1. The fourth-order valence-corrected chi connectivity index (χ4v) is 4.65. The molecule has 1 saturated heterocycles. The van der Waals surface area contributed by atoms with Crippen LogP contribution in [0.4, 0.5) is 0 Å². The van der Waals surface area contributed by atoms with Gasteiger partial charge in [-0.15, -0.1) is 0 Å². The lowest BCUT2D eigenvalue weighted by Gasteiger charge is -2.42. The minimum atomic E-state index is -2.11. The average Bonchev–Trinajstić information content (AvgIpc) is 3.05. The summed E-state index contributed by atoms with van der Waals surface area (Å²) >= 11 is 0. The molecule has 0 aromatic heterocycles. The van der Waals surface area contributed by atoms with Crippen LogP contribution in [0.1, 0.15) is 42.6 Å². The first-order valence-corrected chi connectivity index (χ1v) is 10.2. The molecule has 2 aliphatic rings. The van der Waals surface area contributed by atoms with E-state index in [0.29, 0.717) is 16.7 Å². The van der Waals surface area contributed by atoms with Gasteiger partial charge in [0.25, 0.3) is 0 Å². The number of benzene rings is 2. The Morgan fingerprint density at radius 2 is 1.66 bits per heavy atom. The lowest BCUT2D eigenvalue weighted by molar-refractivity contribution is -0.158. The van der Waals surface area contributed by atoms with E-state index < -0.39 is 29.5 Å². The second kappa shape index (κ2) is 7.75.